The molecule has 0 bridgehead atoms. The van der Waals surface area contributed by atoms with Crippen LogP contribution < -0.4 is 9.47 Å². The number of benzene rings is 2. The van der Waals surface area contributed by atoms with Crippen LogP contribution in [0.2, 0.25) is 0 Å². The summed E-state index contributed by atoms with van der Waals surface area (Å²) in [5.74, 6) is 0.474. The molecule has 2 aromatic carbocycles. The fraction of sp³-hybridized carbons (Fsp3) is 0.136. The minimum absolute atomic E-state index is 0.0110. The van der Waals surface area contributed by atoms with Crippen LogP contribution >= 0.6 is 0 Å². The predicted molar refractivity (Wildman–Crippen MR) is 105 cm³/mol. The highest BCUT2D eigenvalue weighted by Gasteiger charge is 2.18. The second-order valence-corrected chi connectivity index (χ2v) is 6.06. The van der Waals surface area contributed by atoms with E-state index in [0.717, 1.165) is 16.5 Å². The Labute approximate surface area is 162 Å². The molecule has 1 aromatic heterocycles. The number of aromatic nitrogens is 1. The first-order valence-electron chi connectivity index (χ1n) is 8.50. The largest absolute Gasteiger partial charge is 0.493 e. The van der Waals surface area contributed by atoms with E-state index in [1.54, 1.807) is 24.4 Å². The number of ether oxygens (including phenoxy) is 2. The first kappa shape index (κ1) is 18.8. The van der Waals surface area contributed by atoms with Gasteiger partial charge in [-0.05, 0) is 42.3 Å². The summed E-state index contributed by atoms with van der Waals surface area (Å²) in [6.45, 7) is 1.82. The van der Waals surface area contributed by atoms with Crippen molar-refractivity contribution in [2.45, 2.75) is 6.92 Å². The summed E-state index contributed by atoms with van der Waals surface area (Å²) in [5, 5.41) is 19.0. The molecule has 1 heterocycles. The van der Waals surface area contributed by atoms with Gasteiger partial charge in [-0.15, -0.1) is 0 Å². The zero-order valence-corrected chi connectivity index (χ0v) is 15.4. The van der Waals surface area contributed by atoms with Crippen molar-refractivity contribution in [3.63, 3.8) is 0 Å². The third kappa shape index (κ3) is 3.58. The third-order valence-corrected chi connectivity index (χ3v) is 4.31. The fourth-order valence-electron chi connectivity index (χ4n) is 3.01. The van der Waals surface area contributed by atoms with Crippen molar-refractivity contribution in [3.05, 3.63) is 64.9 Å². The van der Waals surface area contributed by atoms with Crippen LogP contribution in [0.5, 0.6) is 11.5 Å². The summed E-state index contributed by atoms with van der Waals surface area (Å²) in [6.07, 6.45) is 3.14. The molecular formula is C22H17N3O3. The maximum atomic E-state index is 13.0. The lowest BCUT2D eigenvalue weighted by atomic mass is 9.99. The summed E-state index contributed by atoms with van der Waals surface area (Å²) >= 11 is 0. The summed E-state index contributed by atoms with van der Waals surface area (Å²) in [7, 11) is 1.48. The van der Waals surface area contributed by atoms with Crippen LogP contribution in [0, 0.1) is 29.6 Å². The Morgan fingerprint density at radius 2 is 2.04 bits per heavy atom. The van der Waals surface area contributed by atoms with Crippen molar-refractivity contribution >= 4 is 22.8 Å². The molecule has 28 heavy (non-hydrogen) atoms. The highest BCUT2D eigenvalue weighted by atomic mass is 16.5. The highest BCUT2D eigenvalue weighted by molar-refractivity contribution is 6.20. The molecule has 0 fully saturated rings. The van der Waals surface area contributed by atoms with Gasteiger partial charge in [0.2, 0.25) is 5.78 Å². The number of ketones is 1. The number of hydrogen-bond donors (Lipinski definition) is 1. The van der Waals surface area contributed by atoms with Crippen LogP contribution in [0.3, 0.4) is 0 Å². The SMILES string of the molecule is COc1cc(C=C(C#N)C(=O)c2c[nH]c3cccc(C)c23)ccc1OCC#N. The molecule has 6 nitrogen and oxygen atoms in total. The molecule has 0 amide bonds. The minimum Gasteiger partial charge on any atom is -0.493 e. The lowest BCUT2D eigenvalue weighted by Crippen LogP contribution is -2.02. The van der Waals surface area contributed by atoms with E-state index in [2.05, 4.69) is 4.98 Å². The third-order valence-electron chi connectivity index (χ3n) is 4.31. The molecule has 0 atom stereocenters. The lowest BCUT2D eigenvalue weighted by Gasteiger charge is -2.09. The summed E-state index contributed by atoms with van der Waals surface area (Å²) < 4.78 is 10.6. The smallest absolute Gasteiger partial charge is 0.205 e. The minimum atomic E-state index is -0.355. The predicted octanol–water partition coefficient (Wildman–Crippen LogP) is 4.18. The maximum Gasteiger partial charge on any atom is 0.205 e. The number of allylic oxidation sites excluding steroid dienone is 1. The van der Waals surface area contributed by atoms with E-state index in [-0.39, 0.29) is 18.0 Å². The summed E-state index contributed by atoms with van der Waals surface area (Å²) in [5.41, 5.74) is 2.89. The van der Waals surface area contributed by atoms with Gasteiger partial charge in [-0.2, -0.15) is 10.5 Å². The number of carbonyl (C=O) groups is 1. The number of methoxy groups -OCH3 is 1. The number of aromatic amines is 1. The van der Waals surface area contributed by atoms with Gasteiger partial charge in [-0.1, -0.05) is 18.2 Å². The number of H-pyrrole nitrogens is 1. The Balaban J connectivity index is 1.99. The standard InChI is InChI=1S/C22H17N3O3/c1-14-4-3-5-18-21(14)17(13-25-18)22(26)16(12-24)10-15-6-7-19(28-9-8-23)20(11-15)27-2/h3-7,10-11,13,25H,9H2,1-2H3. The number of nitriles is 2. The van der Waals surface area contributed by atoms with E-state index in [1.807, 2.05) is 37.3 Å². The quantitative estimate of drug-likeness (QED) is 0.398. The molecule has 0 unspecified atom stereocenters. The Bertz CT molecular complexity index is 1160. The van der Waals surface area contributed by atoms with E-state index in [4.69, 9.17) is 14.7 Å². The van der Waals surface area contributed by atoms with E-state index in [9.17, 15) is 10.1 Å². The van der Waals surface area contributed by atoms with Gasteiger partial charge >= 0.3 is 0 Å². The van der Waals surface area contributed by atoms with Crippen LogP contribution in [-0.4, -0.2) is 24.5 Å². The molecule has 0 aliphatic heterocycles. The summed E-state index contributed by atoms with van der Waals surface area (Å²) in [6, 6.07) is 14.6. The maximum absolute atomic E-state index is 13.0. The first-order chi connectivity index (χ1) is 13.6. The first-order valence-corrected chi connectivity index (χ1v) is 8.50. The van der Waals surface area contributed by atoms with Gasteiger partial charge in [0.15, 0.2) is 18.1 Å². The molecule has 1 N–H and O–H groups in total. The second kappa shape index (κ2) is 8.11. The van der Waals surface area contributed by atoms with Gasteiger partial charge in [0.05, 0.1) is 7.11 Å². The number of rotatable bonds is 6. The average molecular weight is 371 g/mol. The number of aryl methyl sites for hydroxylation is 1. The van der Waals surface area contributed by atoms with Gasteiger partial charge in [-0.3, -0.25) is 4.79 Å². The molecule has 138 valence electrons. The molecule has 3 rings (SSSR count). The zero-order chi connectivity index (χ0) is 20.1. The molecule has 0 aliphatic carbocycles. The topological polar surface area (TPSA) is 98.9 Å². The Kier molecular flexibility index (Phi) is 5.43. The molecular weight excluding hydrogens is 354 g/mol. The van der Waals surface area contributed by atoms with Crippen LogP contribution in [0.15, 0.2) is 48.2 Å². The van der Waals surface area contributed by atoms with E-state index >= 15 is 0 Å². The molecule has 6 heteroatoms. The number of carbonyl (C=O) groups excluding carboxylic acids is 1. The Morgan fingerprint density at radius 1 is 1.21 bits per heavy atom. The van der Waals surface area contributed by atoms with Crippen molar-refractivity contribution in [1.29, 1.82) is 10.5 Å². The van der Waals surface area contributed by atoms with Gasteiger partial charge < -0.3 is 14.5 Å². The van der Waals surface area contributed by atoms with Crippen LogP contribution in [-0.2, 0) is 0 Å². The number of nitrogens with one attached hydrogen (secondary N) is 1. The van der Waals surface area contributed by atoms with Crippen molar-refractivity contribution in [2.24, 2.45) is 0 Å². The molecule has 0 spiro atoms. The Morgan fingerprint density at radius 3 is 2.75 bits per heavy atom. The van der Waals surface area contributed by atoms with Crippen molar-refractivity contribution in [2.75, 3.05) is 13.7 Å². The van der Waals surface area contributed by atoms with Crippen LogP contribution in [0.25, 0.3) is 17.0 Å². The number of nitrogens with zero attached hydrogens (tertiary/aromatic N) is 2. The lowest BCUT2D eigenvalue weighted by molar-refractivity contribution is 0.104. The van der Waals surface area contributed by atoms with Gasteiger partial charge in [0.25, 0.3) is 0 Å². The normalized spacial score (nSPS) is 10.9. The molecule has 0 saturated carbocycles. The van der Waals surface area contributed by atoms with Crippen LogP contribution in [0.4, 0.5) is 0 Å². The second-order valence-electron chi connectivity index (χ2n) is 6.06. The van der Waals surface area contributed by atoms with E-state index < -0.39 is 0 Å². The van der Waals surface area contributed by atoms with Gasteiger partial charge in [0, 0.05) is 22.7 Å². The fourth-order valence-corrected chi connectivity index (χ4v) is 3.01. The van der Waals surface area contributed by atoms with Gasteiger partial charge in [0.1, 0.15) is 17.7 Å². The summed E-state index contributed by atoms with van der Waals surface area (Å²) in [4.78, 5) is 16.0. The van der Waals surface area contributed by atoms with E-state index in [0.29, 0.717) is 22.6 Å². The van der Waals surface area contributed by atoms with Crippen LogP contribution in [0.1, 0.15) is 21.5 Å². The van der Waals surface area contributed by atoms with Crippen molar-refractivity contribution in [3.8, 4) is 23.6 Å². The zero-order valence-electron chi connectivity index (χ0n) is 15.4. The van der Waals surface area contributed by atoms with E-state index in [1.165, 1.54) is 13.2 Å². The number of hydrogen-bond acceptors (Lipinski definition) is 5. The molecule has 3 aromatic rings. The van der Waals surface area contributed by atoms with Crippen molar-refractivity contribution < 1.29 is 14.3 Å². The average Bonchev–Trinajstić information content (AvgIpc) is 3.15. The molecule has 0 radical (unpaired) electrons. The highest BCUT2D eigenvalue weighted by Crippen LogP contribution is 2.30. The number of Topliss-reactive ketones (excluding diaryl/α,β-unsaturated/α-hetero) is 1. The monoisotopic (exact) mass is 371 g/mol. The number of fused-ring (bicyclic) bond motifs is 1. The van der Waals surface area contributed by atoms with Crippen molar-refractivity contribution in [1.82, 2.24) is 4.98 Å². The van der Waals surface area contributed by atoms with Gasteiger partial charge in [-0.25, -0.2) is 0 Å². The molecule has 0 saturated heterocycles. The molecule has 0 aliphatic rings. The Hall–Kier alpha value is -4.03.